The van der Waals surface area contributed by atoms with E-state index < -0.39 is 6.10 Å². The van der Waals surface area contributed by atoms with Crippen LogP contribution < -0.4 is 10.1 Å². The highest BCUT2D eigenvalue weighted by molar-refractivity contribution is 5.90. The molecule has 98 valence electrons. The Kier molecular flexibility index (Phi) is 4.28. The van der Waals surface area contributed by atoms with Gasteiger partial charge in [-0.3, -0.25) is 9.89 Å². The predicted molar refractivity (Wildman–Crippen MR) is 70.7 cm³/mol. The molecule has 0 aromatic carbocycles. The van der Waals surface area contributed by atoms with Crippen LogP contribution in [0.3, 0.4) is 0 Å². The number of carbonyl (C=O) groups excluding carboxylic acids is 1. The molecule has 1 atom stereocenters. The second-order valence-electron chi connectivity index (χ2n) is 3.77. The number of carbonyl (C=O) groups is 1. The number of pyridine rings is 1. The number of aromatic nitrogens is 3. The molecular formula is C13H14N4O2. The molecule has 0 spiro atoms. The van der Waals surface area contributed by atoms with Gasteiger partial charge in [0, 0.05) is 24.5 Å². The maximum absolute atomic E-state index is 11.8. The molecule has 19 heavy (non-hydrogen) atoms. The average Bonchev–Trinajstić information content (AvgIpc) is 2.92. The van der Waals surface area contributed by atoms with Gasteiger partial charge in [-0.1, -0.05) is 18.7 Å². The summed E-state index contributed by atoms with van der Waals surface area (Å²) >= 11 is 0. The number of rotatable bonds is 6. The van der Waals surface area contributed by atoms with Gasteiger partial charge in [-0.05, 0) is 6.07 Å². The minimum atomic E-state index is -0.436. The molecular weight excluding hydrogens is 244 g/mol. The van der Waals surface area contributed by atoms with Gasteiger partial charge in [-0.15, -0.1) is 0 Å². The average molecular weight is 258 g/mol. The third kappa shape index (κ3) is 3.95. The second kappa shape index (κ2) is 6.34. The van der Waals surface area contributed by atoms with Crippen molar-refractivity contribution in [2.75, 3.05) is 5.32 Å². The van der Waals surface area contributed by atoms with Gasteiger partial charge in [-0.2, -0.15) is 5.10 Å². The number of amides is 1. The lowest BCUT2D eigenvalue weighted by Crippen LogP contribution is -2.23. The Hall–Kier alpha value is -2.63. The molecule has 0 radical (unpaired) electrons. The first kappa shape index (κ1) is 12.8. The van der Waals surface area contributed by atoms with Gasteiger partial charge < -0.3 is 10.1 Å². The van der Waals surface area contributed by atoms with Crippen LogP contribution in [0.5, 0.6) is 5.88 Å². The zero-order chi connectivity index (χ0) is 13.5. The van der Waals surface area contributed by atoms with Crippen molar-refractivity contribution in [1.29, 1.82) is 0 Å². The van der Waals surface area contributed by atoms with Crippen LogP contribution in [0.1, 0.15) is 6.42 Å². The van der Waals surface area contributed by atoms with Crippen LogP contribution in [0.15, 0.2) is 49.3 Å². The van der Waals surface area contributed by atoms with Crippen molar-refractivity contribution in [2.45, 2.75) is 12.5 Å². The summed E-state index contributed by atoms with van der Waals surface area (Å²) in [5, 5.41) is 9.10. The first-order valence-electron chi connectivity index (χ1n) is 5.78. The Morgan fingerprint density at radius 3 is 3.05 bits per heavy atom. The largest absolute Gasteiger partial charge is 0.470 e. The molecule has 0 bridgehead atoms. The maximum atomic E-state index is 11.8. The van der Waals surface area contributed by atoms with Crippen molar-refractivity contribution >= 4 is 11.7 Å². The van der Waals surface area contributed by atoms with E-state index in [1.54, 1.807) is 36.7 Å². The number of nitrogens with one attached hydrogen (secondary N) is 2. The molecule has 1 unspecified atom stereocenters. The first-order valence-corrected chi connectivity index (χ1v) is 5.78. The zero-order valence-corrected chi connectivity index (χ0v) is 10.2. The minimum absolute atomic E-state index is 0.146. The molecule has 0 saturated heterocycles. The van der Waals surface area contributed by atoms with Crippen LogP contribution in [0.2, 0.25) is 0 Å². The normalized spacial score (nSPS) is 11.6. The molecule has 0 aliphatic carbocycles. The molecule has 0 aliphatic rings. The number of aromatic amines is 1. The zero-order valence-electron chi connectivity index (χ0n) is 10.2. The van der Waals surface area contributed by atoms with Crippen LogP contribution in [0.4, 0.5) is 5.82 Å². The summed E-state index contributed by atoms with van der Waals surface area (Å²) in [6.07, 6.45) is 4.53. The lowest BCUT2D eigenvalue weighted by molar-refractivity contribution is -0.117. The molecule has 2 rings (SSSR count). The number of nitrogens with zero attached hydrogens (tertiary/aromatic N) is 2. The van der Waals surface area contributed by atoms with Crippen LogP contribution in [0, 0.1) is 0 Å². The van der Waals surface area contributed by atoms with E-state index in [1.807, 2.05) is 6.07 Å². The molecule has 0 aliphatic heterocycles. The van der Waals surface area contributed by atoms with Crippen LogP contribution in [-0.4, -0.2) is 27.2 Å². The van der Waals surface area contributed by atoms with E-state index in [2.05, 4.69) is 27.1 Å². The Morgan fingerprint density at radius 1 is 1.53 bits per heavy atom. The van der Waals surface area contributed by atoms with Crippen molar-refractivity contribution < 1.29 is 9.53 Å². The van der Waals surface area contributed by atoms with E-state index in [1.165, 1.54) is 0 Å². The van der Waals surface area contributed by atoms with Gasteiger partial charge >= 0.3 is 0 Å². The summed E-state index contributed by atoms with van der Waals surface area (Å²) in [6.45, 7) is 3.65. The van der Waals surface area contributed by atoms with Crippen molar-refractivity contribution in [3.63, 3.8) is 0 Å². The van der Waals surface area contributed by atoms with Gasteiger partial charge in [0.15, 0.2) is 5.82 Å². The first-order chi connectivity index (χ1) is 9.28. The Bertz CT molecular complexity index is 525. The smallest absolute Gasteiger partial charge is 0.229 e. The van der Waals surface area contributed by atoms with Crippen LogP contribution >= 0.6 is 0 Å². The summed E-state index contributed by atoms with van der Waals surface area (Å²) in [7, 11) is 0. The summed E-state index contributed by atoms with van der Waals surface area (Å²) < 4.78 is 5.54. The maximum Gasteiger partial charge on any atom is 0.229 e. The summed E-state index contributed by atoms with van der Waals surface area (Å²) in [5.41, 5.74) is 0. The Labute approximate surface area is 110 Å². The minimum Gasteiger partial charge on any atom is -0.470 e. The molecule has 2 aromatic rings. The van der Waals surface area contributed by atoms with Gasteiger partial charge in [0.1, 0.15) is 6.10 Å². The topological polar surface area (TPSA) is 79.9 Å². The summed E-state index contributed by atoms with van der Waals surface area (Å²) in [5.74, 6) is 0.735. The second-order valence-corrected chi connectivity index (χ2v) is 3.77. The summed E-state index contributed by atoms with van der Waals surface area (Å²) in [6, 6.07) is 6.99. The molecule has 2 heterocycles. The number of hydrogen-bond acceptors (Lipinski definition) is 4. The quantitative estimate of drug-likeness (QED) is 0.774. The van der Waals surface area contributed by atoms with Crippen LogP contribution in [-0.2, 0) is 4.79 Å². The van der Waals surface area contributed by atoms with Crippen molar-refractivity contribution in [1.82, 2.24) is 15.2 Å². The van der Waals surface area contributed by atoms with Gasteiger partial charge in [-0.25, -0.2) is 4.98 Å². The standard InChI is InChI=1S/C13H14N4O2/c1-2-10(19-13-5-3-4-7-14-13)9-12(18)16-11-6-8-15-17-11/h2-8,10H,1,9H2,(H2,15,16,17,18). The predicted octanol–water partition coefficient (Wildman–Crippen LogP) is 1.77. The number of ether oxygens (including phenoxy) is 1. The summed E-state index contributed by atoms with van der Waals surface area (Å²) in [4.78, 5) is 15.8. The molecule has 2 aromatic heterocycles. The molecule has 1 amide bonds. The van der Waals surface area contributed by atoms with E-state index in [0.29, 0.717) is 11.7 Å². The lowest BCUT2D eigenvalue weighted by atomic mass is 10.2. The molecule has 6 nitrogen and oxygen atoms in total. The van der Waals surface area contributed by atoms with Crippen molar-refractivity contribution in [3.05, 3.63) is 49.3 Å². The molecule has 6 heteroatoms. The fourth-order valence-electron chi connectivity index (χ4n) is 1.45. The SMILES string of the molecule is C=CC(CC(=O)Nc1cc[nH]n1)Oc1ccccn1. The monoisotopic (exact) mass is 258 g/mol. The fraction of sp³-hybridized carbons (Fsp3) is 0.154. The highest BCUT2D eigenvalue weighted by Crippen LogP contribution is 2.10. The lowest BCUT2D eigenvalue weighted by Gasteiger charge is -2.13. The molecule has 0 saturated carbocycles. The number of hydrogen-bond donors (Lipinski definition) is 2. The fourth-order valence-corrected chi connectivity index (χ4v) is 1.45. The van der Waals surface area contributed by atoms with Crippen molar-refractivity contribution in [2.24, 2.45) is 0 Å². The van der Waals surface area contributed by atoms with Crippen molar-refractivity contribution in [3.8, 4) is 5.88 Å². The van der Waals surface area contributed by atoms with E-state index in [4.69, 9.17) is 4.74 Å². The van der Waals surface area contributed by atoms with Gasteiger partial charge in [0.25, 0.3) is 0 Å². The van der Waals surface area contributed by atoms with E-state index in [-0.39, 0.29) is 12.3 Å². The highest BCUT2D eigenvalue weighted by atomic mass is 16.5. The third-order valence-corrected chi connectivity index (χ3v) is 2.33. The Morgan fingerprint density at radius 2 is 2.42 bits per heavy atom. The van der Waals surface area contributed by atoms with Gasteiger partial charge in [0.05, 0.1) is 6.42 Å². The van der Waals surface area contributed by atoms with E-state index in [9.17, 15) is 4.79 Å². The highest BCUT2D eigenvalue weighted by Gasteiger charge is 2.13. The van der Waals surface area contributed by atoms with E-state index >= 15 is 0 Å². The number of anilines is 1. The molecule has 2 N–H and O–H groups in total. The third-order valence-electron chi connectivity index (χ3n) is 2.33. The van der Waals surface area contributed by atoms with E-state index in [0.717, 1.165) is 0 Å². The van der Waals surface area contributed by atoms with Gasteiger partial charge in [0.2, 0.25) is 11.8 Å². The Balaban J connectivity index is 1.88. The number of H-pyrrole nitrogens is 1. The van der Waals surface area contributed by atoms with Crippen LogP contribution in [0.25, 0.3) is 0 Å². The molecule has 0 fully saturated rings.